The normalized spacial score (nSPS) is 12.0. The first-order valence-electron chi connectivity index (χ1n) is 6.83. The molecule has 0 aliphatic carbocycles. The molecule has 1 aromatic carbocycles. The van der Waals surface area contributed by atoms with Crippen LogP contribution in [0.15, 0.2) is 28.7 Å². The van der Waals surface area contributed by atoms with E-state index >= 15 is 0 Å². The second kappa shape index (κ2) is 7.42. The van der Waals surface area contributed by atoms with Gasteiger partial charge in [0, 0.05) is 12.2 Å². The summed E-state index contributed by atoms with van der Waals surface area (Å²) in [6.07, 6.45) is -0.803. The van der Waals surface area contributed by atoms with E-state index in [9.17, 15) is 9.90 Å². The molecule has 0 aliphatic rings. The summed E-state index contributed by atoms with van der Waals surface area (Å²) in [4.78, 5) is 11.9. The fourth-order valence-corrected chi connectivity index (χ4v) is 2.17. The molecule has 1 amide bonds. The van der Waals surface area contributed by atoms with Crippen LogP contribution in [-0.2, 0) is 0 Å². The number of aromatic nitrogens is 2. The third kappa shape index (κ3) is 4.32. The summed E-state index contributed by atoms with van der Waals surface area (Å²) >= 11 is 3.28. The van der Waals surface area contributed by atoms with Gasteiger partial charge in [0.05, 0.1) is 4.47 Å². The predicted molar refractivity (Wildman–Crippen MR) is 86.0 cm³/mol. The van der Waals surface area contributed by atoms with Gasteiger partial charge in [-0.25, -0.2) is 0 Å². The zero-order valence-electron chi connectivity index (χ0n) is 12.4. The van der Waals surface area contributed by atoms with Crippen LogP contribution in [0.1, 0.15) is 21.7 Å². The number of benzene rings is 1. The van der Waals surface area contributed by atoms with E-state index < -0.39 is 6.10 Å². The number of hydrogen-bond acceptors (Lipinski definition) is 4. The van der Waals surface area contributed by atoms with Crippen molar-refractivity contribution < 1.29 is 14.6 Å². The number of nitrogens with zero attached hydrogens (tertiary/aromatic N) is 1. The molecule has 0 fully saturated rings. The standard InChI is InChI=1S/C15H18BrN3O3/c1-9-4-3-5-12(6-9)22-8-11(20)7-17-15(21)14-13(16)10(2)18-19-14/h3-6,11,20H,7-8H2,1-2H3,(H,17,21)(H,18,19). The largest absolute Gasteiger partial charge is 0.491 e. The molecule has 3 N–H and O–H groups in total. The maximum atomic E-state index is 11.9. The number of nitrogens with one attached hydrogen (secondary N) is 2. The molecule has 0 aliphatic heterocycles. The summed E-state index contributed by atoms with van der Waals surface area (Å²) in [6.45, 7) is 3.96. The van der Waals surface area contributed by atoms with Crippen molar-refractivity contribution in [2.75, 3.05) is 13.2 Å². The zero-order valence-corrected chi connectivity index (χ0v) is 14.0. The Morgan fingerprint density at radius 2 is 2.27 bits per heavy atom. The Morgan fingerprint density at radius 1 is 1.50 bits per heavy atom. The summed E-state index contributed by atoms with van der Waals surface area (Å²) in [5.41, 5.74) is 2.12. The number of aryl methyl sites for hydroxylation is 2. The molecule has 0 spiro atoms. The quantitative estimate of drug-likeness (QED) is 0.728. The topological polar surface area (TPSA) is 87.2 Å². The van der Waals surface area contributed by atoms with E-state index in [-0.39, 0.29) is 24.8 Å². The van der Waals surface area contributed by atoms with Crippen molar-refractivity contribution in [1.82, 2.24) is 15.5 Å². The molecular weight excluding hydrogens is 350 g/mol. The third-order valence-corrected chi connectivity index (χ3v) is 3.99. The SMILES string of the molecule is Cc1cccc(OCC(O)CNC(=O)c2n[nH]c(C)c2Br)c1. The van der Waals surface area contributed by atoms with Gasteiger partial charge >= 0.3 is 0 Å². The number of carbonyl (C=O) groups excluding carboxylic acids is 1. The number of ether oxygens (including phenoxy) is 1. The van der Waals surface area contributed by atoms with E-state index in [1.165, 1.54) is 0 Å². The number of H-pyrrole nitrogens is 1. The van der Waals surface area contributed by atoms with Crippen molar-refractivity contribution in [3.05, 3.63) is 45.7 Å². The van der Waals surface area contributed by atoms with Crippen LogP contribution in [0.5, 0.6) is 5.75 Å². The Morgan fingerprint density at radius 3 is 2.91 bits per heavy atom. The summed E-state index contributed by atoms with van der Waals surface area (Å²) in [5, 5.41) is 19.1. The van der Waals surface area contributed by atoms with E-state index in [2.05, 4.69) is 31.4 Å². The van der Waals surface area contributed by atoms with Crippen molar-refractivity contribution in [2.45, 2.75) is 20.0 Å². The molecule has 22 heavy (non-hydrogen) atoms. The number of aliphatic hydroxyl groups is 1. The minimum atomic E-state index is -0.803. The van der Waals surface area contributed by atoms with Crippen molar-refractivity contribution in [2.24, 2.45) is 0 Å². The summed E-state index contributed by atoms with van der Waals surface area (Å²) in [6, 6.07) is 7.56. The second-order valence-corrected chi connectivity index (χ2v) is 5.80. The molecule has 0 bridgehead atoms. The Bertz CT molecular complexity index is 657. The van der Waals surface area contributed by atoms with Gasteiger partial charge in [-0.2, -0.15) is 5.10 Å². The molecule has 1 unspecified atom stereocenters. The molecule has 6 nitrogen and oxygen atoms in total. The van der Waals surface area contributed by atoms with Gasteiger partial charge in [-0.3, -0.25) is 9.89 Å². The van der Waals surface area contributed by atoms with E-state index in [4.69, 9.17) is 4.74 Å². The molecule has 1 heterocycles. The first-order valence-corrected chi connectivity index (χ1v) is 7.63. The highest BCUT2D eigenvalue weighted by molar-refractivity contribution is 9.10. The Balaban J connectivity index is 1.79. The zero-order chi connectivity index (χ0) is 16.1. The van der Waals surface area contributed by atoms with Crippen LogP contribution < -0.4 is 10.1 Å². The molecule has 0 saturated heterocycles. The first kappa shape index (κ1) is 16.5. The van der Waals surface area contributed by atoms with Gasteiger partial charge < -0.3 is 15.2 Å². The van der Waals surface area contributed by atoms with Crippen LogP contribution >= 0.6 is 15.9 Å². The Labute approximate surface area is 137 Å². The van der Waals surface area contributed by atoms with Crippen LogP contribution in [0, 0.1) is 13.8 Å². The van der Waals surface area contributed by atoms with Crippen molar-refractivity contribution in [3.63, 3.8) is 0 Å². The Kier molecular flexibility index (Phi) is 5.57. The van der Waals surface area contributed by atoms with Gasteiger partial charge in [-0.15, -0.1) is 0 Å². The molecule has 0 saturated carbocycles. The van der Waals surface area contributed by atoms with E-state index in [1.807, 2.05) is 31.2 Å². The molecule has 1 aromatic heterocycles. The molecule has 2 aromatic rings. The lowest BCUT2D eigenvalue weighted by Gasteiger charge is -2.13. The van der Waals surface area contributed by atoms with Crippen molar-refractivity contribution in [3.8, 4) is 5.75 Å². The minimum absolute atomic E-state index is 0.0863. The maximum absolute atomic E-state index is 11.9. The number of rotatable bonds is 6. The monoisotopic (exact) mass is 367 g/mol. The summed E-state index contributed by atoms with van der Waals surface area (Å²) in [7, 11) is 0. The Hall–Kier alpha value is -1.86. The third-order valence-electron chi connectivity index (χ3n) is 3.02. The lowest BCUT2D eigenvalue weighted by Crippen LogP contribution is -2.35. The van der Waals surface area contributed by atoms with Gasteiger partial charge in [-0.05, 0) is 47.5 Å². The van der Waals surface area contributed by atoms with Crippen LogP contribution in [-0.4, -0.2) is 40.5 Å². The molecule has 7 heteroatoms. The maximum Gasteiger partial charge on any atom is 0.273 e. The number of hydrogen-bond donors (Lipinski definition) is 3. The summed E-state index contributed by atoms with van der Waals surface area (Å²) < 4.78 is 6.10. The van der Waals surface area contributed by atoms with Crippen molar-refractivity contribution >= 4 is 21.8 Å². The van der Waals surface area contributed by atoms with Gasteiger partial charge in [-0.1, -0.05) is 12.1 Å². The highest BCUT2D eigenvalue weighted by atomic mass is 79.9. The van der Waals surface area contributed by atoms with Gasteiger partial charge in [0.15, 0.2) is 5.69 Å². The van der Waals surface area contributed by atoms with E-state index in [1.54, 1.807) is 6.92 Å². The minimum Gasteiger partial charge on any atom is -0.491 e. The number of amides is 1. The van der Waals surface area contributed by atoms with E-state index in [0.29, 0.717) is 10.2 Å². The van der Waals surface area contributed by atoms with Gasteiger partial charge in [0.25, 0.3) is 5.91 Å². The van der Waals surface area contributed by atoms with Gasteiger partial charge in [0.2, 0.25) is 0 Å². The highest BCUT2D eigenvalue weighted by Gasteiger charge is 2.16. The van der Waals surface area contributed by atoms with Crippen molar-refractivity contribution in [1.29, 1.82) is 0 Å². The van der Waals surface area contributed by atoms with Crippen LogP contribution in [0.3, 0.4) is 0 Å². The number of carbonyl (C=O) groups is 1. The average Bonchev–Trinajstić information content (AvgIpc) is 2.83. The van der Waals surface area contributed by atoms with Crippen LogP contribution in [0.25, 0.3) is 0 Å². The molecule has 0 radical (unpaired) electrons. The fraction of sp³-hybridized carbons (Fsp3) is 0.333. The first-order chi connectivity index (χ1) is 10.5. The smallest absolute Gasteiger partial charge is 0.273 e. The van der Waals surface area contributed by atoms with E-state index in [0.717, 1.165) is 11.3 Å². The van der Waals surface area contributed by atoms with Crippen LogP contribution in [0.2, 0.25) is 0 Å². The van der Waals surface area contributed by atoms with Crippen LogP contribution in [0.4, 0.5) is 0 Å². The lowest BCUT2D eigenvalue weighted by atomic mass is 10.2. The molecular formula is C15H18BrN3O3. The fourth-order valence-electron chi connectivity index (χ4n) is 1.82. The number of halogens is 1. The predicted octanol–water partition coefficient (Wildman–Crippen LogP) is 1.96. The average molecular weight is 368 g/mol. The summed E-state index contributed by atoms with van der Waals surface area (Å²) in [5.74, 6) is 0.335. The molecule has 1 atom stereocenters. The number of aliphatic hydroxyl groups excluding tert-OH is 1. The second-order valence-electron chi connectivity index (χ2n) is 5.00. The number of aromatic amines is 1. The highest BCUT2D eigenvalue weighted by Crippen LogP contribution is 2.17. The lowest BCUT2D eigenvalue weighted by molar-refractivity contribution is 0.0839. The molecule has 118 valence electrons. The van der Waals surface area contributed by atoms with Gasteiger partial charge in [0.1, 0.15) is 18.5 Å². The molecule has 2 rings (SSSR count).